The fourth-order valence-corrected chi connectivity index (χ4v) is 2.01. The SMILES string of the molecule is CC(C)CC(N)C(=O)Nc1cccc(-n2ccnc2)c1. The van der Waals surface area contributed by atoms with Crippen LogP contribution in [0.1, 0.15) is 20.3 Å². The van der Waals surface area contributed by atoms with Crippen molar-refractivity contribution < 1.29 is 4.79 Å². The number of imidazole rings is 1. The third kappa shape index (κ3) is 3.68. The molecule has 1 atom stereocenters. The zero-order chi connectivity index (χ0) is 14.5. The van der Waals surface area contributed by atoms with Crippen molar-refractivity contribution in [3.05, 3.63) is 43.0 Å². The maximum atomic E-state index is 12.0. The van der Waals surface area contributed by atoms with Gasteiger partial charge in [0.25, 0.3) is 0 Å². The largest absolute Gasteiger partial charge is 0.325 e. The molecule has 0 fully saturated rings. The van der Waals surface area contributed by atoms with Crippen molar-refractivity contribution in [1.82, 2.24) is 9.55 Å². The molecular weight excluding hydrogens is 252 g/mol. The zero-order valence-electron chi connectivity index (χ0n) is 11.8. The van der Waals surface area contributed by atoms with Crippen molar-refractivity contribution in [2.45, 2.75) is 26.3 Å². The van der Waals surface area contributed by atoms with E-state index in [-0.39, 0.29) is 5.91 Å². The van der Waals surface area contributed by atoms with Gasteiger partial charge < -0.3 is 15.6 Å². The van der Waals surface area contributed by atoms with Crippen LogP contribution in [0.3, 0.4) is 0 Å². The summed E-state index contributed by atoms with van der Waals surface area (Å²) >= 11 is 0. The number of nitrogens with two attached hydrogens (primary N) is 1. The molecule has 106 valence electrons. The van der Waals surface area contributed by atoms with E-state index in [1.165, 1.54) is 0 Å². The molecule has 0 radical (unpaired) electrons. The Balaban J connectivity index is 2.07. The Labute approximate surface area is 118 Å². The molecule has 2 rings (SSSR count). The summed E-state index contributed by atoms with van der Waals surface area (Å²) < 4.78 is 1.88. The summed E-state index contributed by atoms with van der Waals surface area (Å²) in [5.41, 5.74) is 7.55. The third-order valence-electron chi connectivity index (χ3n) is 2.98. The molecule has 0 spiro atoms. The van der Waals surface area contributed by atoms with Crippen LogP contribution in [0.15, 0.2) is 43.0 Å². The van der Waals surface area contributed by atoms with Crippen molar-refractivity contribution >= 4 is 11.6 Å². The third-order valence-corrected chi connectivity index (χ3v) is 2.98. The van der Waals surface area contributed by atoms with Gasteiger partial charge in [-0.3, -0.25) is 4.79 Å². The normalized spacial score (nSPS) is 12.4. The predicted molar refractivity (Wildman–Crippen MR) is 79.6 cm³/mol. The Bertz CT molecular complexity index is 563. The van der Waals surface area contributed by atoms with E-state index < -0.39 is 6.04 Å². The molecule has 1 aromatic heterocycles. The smallest absolute Gasteiger partial charge is 0.241 e. The summed E-state index contributed by atoms with van der Waals surface area (Å²) in [6.07, 6.45) is 5.95. The van der Waals surface area contributed by atoms with E-state index in [9.17, 15) is 4.79 Å². The number of anilines is 1. The molecule has 5 heteroatoms. The molecule has 0 aliphatic heterocycles. The zero-order valence-corrected chi connectivity index (χ0v) is 11.8. The number of aromatic nitrogens is 2. The summed E-state index contributed by atoms with van der Waals surface area (Å²) in [4.78, 5) is 16.0. The second-order valence-corrected chi connectivity index (χ2v) is 5.25. The van der Waals surface area contributed by atoms with Crippen molar-refractivity contribution in [1.29, 1.82) is 0 Å². The lowest BCUT2D eigenvalue weighted by molar-refractivity contribution is -0.117. The van der Waals surface area contributed by atoms with Gasteiger partial charge in [0.2, 0.25) is 5.91 Å². The van der Waals surface area contributed by atoms with Crippen LogP contribution in [-0.2, 0) is 4.79 Å². The van der Waals surface area contributed by atoms with E-state index >= 15 is 0 Å². The number of amides is 1. The van der Waals surface area contributed by atoms with Gasteiger partial charge in [-0.1, -0.05) is 19.9 Å². The first-order chi connectivity index (χ1) is 9.56. The molecule has 3 N–H and O–H groups in total. The second kappa shape index (κ2) is 6.34. The Morgan fingerprint density at radius 1 is 1.45 bits per heavy atom. The number of hydrogen-bond donors (Lipinski definition) is 2. The Morgan fingerprint density at radius 3 is 2.90 bits per heavy atom. The highest BCUT2D eigenvalue weighted by atomic mass is 16.2. The lowest BCUT2D eigenvalue weighted by Gasteiger charge is -2.14. The minimum absolute atomic E-state index is 0.151. The van der Waals surface area contributed by atoms with Gasteiger partial charge in [-0.15, -0.1) is 0 Å². The van der Waals surface area contributed by atoms with Crippen molar-refractivity contribution in [3.63, 3.8) is 0 Å². The molecule has 1 aromatic carbocycles. The lowest BCUT2D eigenvalue weighted by Crippen LogP contribution is -2.36. The standard InChI is InChI=1S/C15H20N4O/c1-11(2)8-14(16)15(20)18-12-4-3-5-13(9-12)19-7-6-17-10-19/h3-7,9-11,14H,8,16H2,1-2H3,(H,18,20). The van der Waals surface area contributed by atoms with Crippen LogP contribution in [-0.4, -0.2) is 21.5 Å². The number of benzene rings is 1. The van der Waals surface area contributed by atoms with Crippen LogP contribution in [0.5, 0.6) is 0 Å². The van der Waals surface area contributed by atoms with Crippen LogP contribution in [0.4, 0.5) is 5.69 Å². The number of hydrogen-bond acceptors (Lipinski definition) is 3. The monoisotopic (exact) mass is 272 g/mol. The highest BCUT2D eigenvalue weighted by Gasteiger charge is 2.15. The molecule has 0 saturated heterocycles. The van der Waals surface area contributed by atoms with Gasteiger partial charge in [-0.25, -0.2) is 4.98 Å². The molecule has 1 amide bonds. The van der Waals surface area contributed by atoms with Crippen LogP contribution in [0, 0.1) is 5.92 Å². The average Bonchev–Trinajstić information content (AvgIpc) is 2.92. The number of carbonyl (C=O) groups is 1. The summed E-state index contributed by atoms with van der Waals surface area (Å²) in [7, 11) is 0. The van der Waals surface area contributed by atoms with Gasteiger partial charge in [0.1, 0.15) is 0 Å². The topological polar surface area (TPSA) is 72.9 Å². The first-order valence-corrected chi connectivity index (χ1v) is 6.71. The van der Waals surface area contributed by atoms with E-state index in [1.807, 2.05) is 48.9 Å². The van der Waals surface area contributed by atoms with Gasteiger partial charge in [-0.2, -0.15) is 0 Å². The van der Waals surface area contributed by atoms with E-state index in [0.717, 1.165) is 11.4 Å². The van der Waals surface area contributed by atoms with Gasteiger partial charge >= 0.3 is 0 Å². The maximum absolute atomic E-state index is 12.0. The van der Waals surface area contributed by atoms with Crippen molar-refractivity contribution in [2.24, 2.45) is 11.7 Å². The summed E-state index contributed by atoms with van der Waals surface area (Å²) in [6, 6.07) is 7.10. The van der Waals surface area contributed by atoms with E-state index in [0.29, 0.717) is 12.3 Å². The van der Waals surface area contributed by atoms with Crippen LogP contribution in [0.2, 0.25) is 0 Å². The molecule has 2 aromatic rings. The molecule has 1 unspecified atom stereocenters. The second-order valence-electron chi connectivity index (χ2n) is 5.25. The van der Waals surface area contributed by atoms with Crippen LogP contribution < -0.4 is 11.1 Å². The van der Waals surface area contributed by atoms with Gasteiger partial charge in [0.15, 0.2) is 0 Å². The number of nitrogens with one attached hydrogen (secondary N) is 1. The van der Waals surface area contributed by atoms with E-state index in [1.54, 1.807) is 12.5 Å². The average molecular weight is 272 g/mol. The van der Waals surface area contributed by atoms with E-state index in [4.69, 9.17) is 5.73 Å². The quantitative estimate of drug-likeness (QED) is 0.876. The minimum Gasteiger partial charge on any atom is -0.325 e. The van der Waals surface area contributed by atoms with Crippen molar-refractivity contribution in [2.75, 3.05) is 5.32 Å². The molecule has 5 nitrogen and oxygen atoms in total. The first-order valence-electron chi connectivity index (χ1n) is 6.71. The maximum Gasteiger partial charge on any atom is 0.241 e. The first kappa shape index (κ1) is 14.3. The predicted octanol–water partition coefficient (Wildman–Crippen LogP) is 2.18. The summed E-state index contributed by atoms with van der Waals surface area (Å²) in [5, 5.41) is 2.85. The molecule has 0 aliphatic rings. The van der Waals surface area contributed by atoms with Gasteiger partial charge in [-0.05, 0) is 30.5 Å². The highest BCUT2D eigenvalue weighted by molar-refractivity contribution is 5.94. The number of carbonyl (C=O) groups excluding carboxylic acids is 1. The molecular formula is C15H20N4O. The van der Waals surface area contributed by atoms with Crippen LogP contribution >= 0.6 is 0 Å². The summed E-state index contributed by atoms with van der Waals surface area (Å²) in [6.45, 7) is 4.10. The van der Waals surface area contributed by atoms with Crippen LogP contribution in [0.25, 0.3) is 5.69 Å². The Hall–Kier alpha value is -2.14. The van der Waals surface area contributed by atoms with Crippen molar-refractivity contribution in [3.8, 4) is 5.69 Å². The fraction of sp³-hybridized carbons (Fsp3) is 0.333. The molecule has 0 bridgehead atoms. The van der Waals surface area contributed by atoms with Gasteiger partial charge in [0.05, 0.1) is 12.4 Å². The Kier molecular flexibility index (Phi) is 4.53. The summed E-state index contributed by atoms with van der Waals surface area (Å²) in [5.74, 6) is 0.245. The fourth-order valence-electron chi connectivity index (χ4n) is 2.01. The molecule has 0 saturated carbocycles. The molecule has 0 aliphatic carbocycles. The Morgan fingerprint density at radius 2 is 2.25 bits per heavy atom. The molecule has 20 heavy (non-hydrogen) atoms. The number of rotatable bonds is 5. The highest BCUT2D eigenvalue weighted by Crippen LogP contribution is 2.15. The minimum atomic E-state index is -0.480. The van der Waals surface area contributed by atoms with E-state index in [2.05, 4.69) is 10.3 Å². The van der Waals surface area contributed by atoms with Gasteiger partial charge in [0, 0.05) is 23.8 Å². The number of nitrogens with zero attached hydrogens (tertiary/aromatic N) is 2. The molecule has 1 heterocycles. The lowest BCUT2D eigenvalue weighted by atomic mass is 10.0.